The van der Waals surface area contributed by atoms with Gasteiger partial charge in [-0.2, -0.15) is 4.99 Å². The molecule has 2 aromatic heterocycles. The van der Waals surface area contributed by atoms with Gasteiger partial charge >= 0.3 is 0 Å². The summed E-state index contributed by atoms with van der Waals surface area (Å²) in [5, 5.41) is 0. The number of rotatable bonds is 2. The lowest BCUT2D eigenvalue weighted by atomic mass is 10.1. The number of imidazole rings is 1. The average Bonchev–Trinajstić information content (AvgIpc) is 2.91. The third-order valence-corrected chi connectivity index (χ3v) is 2.89. The number of hydrogen-bond donors (Lipinski definition) is 3. The third kappa shape index (κ3) is 2.85. The van der Waals surface area contributed by atoms with Gasteiger partial charge in [-0.3, -0.25) is 4.40 Å². The minimum atomic E-state index is -0.130. The standard InChI is InChI=1S/C14H14N8/c15-12(16)21-13(17)19-10-4-2-9(3-5-10)11-8-22-7-1-6-18-14(22)20-11/h1-8H,(H6,15,16,17,19,21). The lowest BCUT2D eigenvalue weighted by Gasteiger charge is -1.98. The van der Waals surface area contributed by atoms with Crippen LogP contribution in [0.1, 0.15) is 0 Å². The van der Waals surface area contributed by atoms with Crippen molar-refractivity contribution in [2.24, 2.45) is 27.2 Å². The Kier molecular flexibility index (Phi) is 3.40. The number of nitrogens with two attached hydrogens (primary N) is 3. The second-order valence-electron chi connectivity index (χ2n) is 4.51. The Morgan fingerprint density at radius 1 is 1.09 bits per heavy atom. The zero-order valence-corrected chi connectivity index (χ0v) is 11.6. The van der Waals surface area contributed by atoms with Gasteiger partial charge in [0, 0.05) is 24.2 Å². The first kappa shape index (κ1) is 13.6. The minimum Gasteiger partial charge on any atom is -0.370 e. The van der Waals surface area contributed by atoms with E-state index in [0.29, 0.717) is 11.5 Å². The summed E-state index contributed by atoms with van der Waals surface area (Å²) in [5.74, 6) is 0.524. The molecule has 0 fully saturated rings. The fourth-order valence-electron chi connectivity index (χ4n) is 1.97. The number of aromatic nitrogens is 3. The molecule has 3 aromatic rings. The Bertz CT molecular complexity index is 823. The molecule has 1 aromatic carbocycles. The molecule has 6 N–H and O–H groups in total. The molecule has 0 atom stereocenters. The van der Waals surface area contributed by atoms with Crippen molar-refractivity contribution in [3.8, 4) is 11.3 Å². The van der Waals surface area contributed by atoms with E-state index in [9.17, 15) is 0 Å². The highest BCUT2D eigenvalue weighted by Crippen LogP contribution is 2.22. The van der Waals surface area contributed by atoms with Crippen LogP contribution in [0.2, 0.25) is 0 Å². The van der Waals surface area contributed by atoms with Gasteiger partial charge in [-0.05, 0) is 18.2 Å². The van der Waals surface area contributed by atoms with Gasteiger partial charge in [-0.25, -0.2) is 15.0 Å². The van der Waals surface area contributed by atoms with E-state index in [1.54, 1.807) is 6.20 Å². The predicted octanol–water partition coefficient (Wildman–Crippen LogP) is 0.616. The van der Waals surface area contributed by atoms with Gasteiger partial charge in [-0.1, -0.05) is 12.1 Å². The van der Waals surface area contributed by atoms with Gasteiger partial charge in [0.1, 0.15) is 0 Å². The van der Waals surface area contributed by atoms with Crippen molar-refractivity contribution < 1.29 is 0 Å². The molecule has 0 unspecified atom stereocenters. The molecule has 8 nitrogen and oxygen atoms in total. The number of benzene rings is 1. The van der Waals surface area contributed by atoms with Crippen LogP contribution >= 0.6 is 0 Å². The van der Waals surface area contributed by atoms with E-state index in [0.717, 1.165) is 11.3 Å². The molecule has 0 amide bonds. The summed E-state index contributed by atoms with van der Waals surface area (Å²) in [6.07, 6.45) is 5.51. The molecule has 110 valence electrons. The van der Waals surface area contributed by atoms with Crippen LogP contribution in [0, 0.1) is 0 Å². The number of nitrogens with zero attached hydrogens (tertiary/aromatic N) is 5. The monoisotopic (exact) mass is 294 g/mol. The van der Waals surface area contributed by atoms with Gasteiger partial charge in [-0.15, -0.1) is 0 Å². The molecule has 0 saturated heterocycles. The zero-order chi connectivity index (χ0) is 15.5. The minimum absolute atomic E-state index is 0.00433. The molecule has 0 aliphatic heterocycles. The topological polar surface area (TPSA) is 133 Å². The van der Waals surface area contributed by atoms with Crippen molar-refractivity contribution in [3.05, 3.63) is 48.9 Å². The van der Waals surface area contributed by atoms with Gasteiger partial charge in [0.15, 0.2) is 5.96 Å². The van der Waals surface area contributed by atoms with Crippen LogP contribution in [0.3, 0.4) is 0 Å². The van der Waals surface area contributed by atoms with Crippen LogP contribution in [-0.4, -0.2) is 26.3 Å². The maximum atomic E-state index is 5.59. The van der Waals surface area contributed by atoms with Gasteiger partial charge < -0.3 is 17.2 Å². The Morgan fingerprint density at radius 3 is 2.55 bits per heavy atom. The first-order chi connectivity index (χ1) is 10.6. The normalized spacial score (nSPS) is 11.5. The number of aliphatic imine (C=N–C) groups is 2. The molecular weight excluding hydrogens is 280 g/mol. The van der Waals surface area contributed by atoms with E-state index in [-0.39, 0.29) is 11.9 Å². The van der Waals surface area contributed by atoms with Crippen molar-refractivity contribution in [1.29, 1.82) is 0 Å². The van der Waals surface area contributed by atoms with Crippen LogP contribution in [0.5, 0.6) is 0 Å². The fourth-order valence-corrected chi connectivity index (χ4v) is 1.97. The Labute approximate surface area is 126 Å². The summed E-state index contributed by atoms with van der Waals surface area (Å²) in [6, 6.07) is 9.25. The average molecular weight is 294 g/mol. The SMILES string of the molecule is NC(N)=NC(N)=Nc1ccc(-c2cn3cccnc3n2)cc1. The zero-order valence-electron chi connectivity index (χ0n) is 11.6. The van der Waals surface area contributed by atoms with Crippen molar-refractivity contribution in [1.82, 2.24) is 14.4 Å². The highest BCUT2D eigenvalue weighted by atomic mass is 15.1. The number of guanidine groups is 2. The van der Waals surface area contributed by atoms with Crippen LogP contribution < -0.4 is 17.2 Å². The quantitative estimate of drug-likeness (QED) is 0.470. The number of fused-ring (bicyclic) bond motifs is 1. The molecule has 0 bridgehead atoms. The second-order valence-corrected chi connectivity index (χ2v) is 4.51. The third-order valence-electron chi connectivity index (χ3n) is 2.89. The molecule has 0 radical (unpaired) electrons. The van der Waals surface area contributed by atoms with Crippen molar-refractivity contribution in [2.45, 2.75) is 0 Å². The largest absolute Gasteiger partial charge is 0.370 e. The molecule has 2 heterocycles. The molecule has 0 spiro atoms. The van der Waals surface area contributed by atoms with Crippen LogP contribution in [0.4, 0.5) is 5.69 Å². The van der Waals surface area contributed by atoms with E-state index in [2.05, 4.69) is 20.0 Å². The second kappa shape index (κ2) is 5.52. The predicted molar refractivity (Wildman–Crippen MR) is 85.5 cm³/mol. The lowest BCUT2D eigenvalue weighted by Crippen LogP contribution is -2.26. The van der Waals surface area contributed by atoms with Crippen LogP contribution in [-0.2, 0) is 0 Å². The summed E-state index contributed by atoms with van der Waals surface area (Å²) >= 11 is 0. The molecule has 3 rings (SSSR count). The molecule has 0 aliphatic rings. The molecule has 22 heavy (non-hydrogen) atoms. The first-order valence-corrected chi connectivity index (χ1v) is 6.46. The summed E-state index contributed by atoms with van der Waals surface area (Å²) in [4.78, 5) is 16.4. The lowest BCUT2D eigenvalue weighted by molar-refractivity contribution is 1.11. The first-order valence-electron chi connectivity index (χ1n) is 6.46. The van der Waals surface area contributed by atoms with Crippen LogP contribution in [0.25, 0.3) is 17.0 Å². The fraction of sp³-hybridized carbons (Fsp3) is 0. The molecule has 8 heteroatoms. The Balaban J connectivity index is 1.89. The van der Waals surface area contributed by atoms with Gasteiger partial charge in [0.2, 0.25) is 11.7 Å². The number of hydrogen-bond acceptors (Lipinski definition) is 3. The van der Waals surface area contributed by atoms with Gasteiger partial charge in [0.05, 0.1) is 11.4 Å². The molecule has 0 saturated carbocycles. The van der Waals surface area contributed by atoms with Crippen molar-refractivity contribution in [2.75, 3.05) is 0 Å². The Morgan fingerprint density at radius 2 is 1.86 bits per heavy atom. The maximum Gasteiger partial charge on any atom is 0.234 e. The molecule has 0 aliphatic carbocycles. The summed E-state index contributed by atoms with van der Waals surface area (Å²) in [7, 11) is 0. The van der Waals surface area contributed by atoms with E-state index in [1.807, 2.05) is 47.1 Å². The van der Waals surface area contributed by atoms with E-state index in [4.69, 9.17) is 17.2 Å². The van der Waals surface area contributed by atoms with E-state index in [1.165, 1.54) is 0 Å². The van der Waals surface area contributed by atoms with Crippen molar-refractivity contribution in [3.63, 3.8) is 0 Å². The highest BCUT2D eigenvalue weighted by molar-refractivity contribution is 5.93. The summed E-state index contributed by atoms with van der Waals surface area (Å²) < 4.78 is 1.86. The highest BCUT2D eigenvalue weighted by Gasteiger charge is 2.04. The maximum absolute atomic E-state index is 5.59. The summed E-state index contributed by atoms with van der Waals surface area (Å²) in [5.41, 5.74) is 18.5. The smallest absolute Gasteiger partial charge is 0.234 e. The van der Waals surface area contributed by atoms with Gasteiger partial charge in [0.25, 0.3) is 0 Å². The summed E-state index contributed by atoms with van der Waals surface area (Å²) in [6.45, 7) is 0. The van der Waals surface area contributed by atoms with E-state index < -0.39 is 0 Å². The van der Waals surface area contributed by atoms with Crippen LogP contribution in [0.15, 0.2) is 58.9 Å². The van der Waals surface area contributed by atoms with E-state index >= 15 is 0 Å². The Hall–Kier alpha value is -3.42. The molecular formula is C14H14N8. The van der Waals surface area contributed by atoms with Crippen molar-refractivity contribution >= 4 is 23.4 Å².